The quantitative estimate of drug-likeness (QED) is 0.360. The molecule has 0 amide bonds. The molecule has 3 aliphatic rings. The lowest BCUT2D eigenvalue weighted by Crippen LogP contribution is -2.31. The van der Waals surface area contributed by atoms with Crippen LogP contribution in [0.1, 0.15) is 12.8 Å². The minimum absolute atomic E-state index is 0.0191. The van der Waals surface area contributed by atoms with Crippen LogP contribution in [0.4, 0.5) is 0 Å². The Balaban J connectivity index is 1.47. The Hall–Kier alpha value is -1.14. The molecule has 2 heterocycles. The van der Waals surface area contributed by atoms with Gasteiger partial charge in [0.2, 0.25) is 0 Å². The molecule has 0 spiro atoms. The molecule has 0 aromatic carbocycles. The van der Waals surface area contributed by atoms with Crippen molar-refractivity contribution in [3.63, 3.8) is 0 Å². The molecule has 0 aromatic heterocycles. The van der Waals surface area contributed by atoms with E-state index in [2.05, 4.69) is 0 Å². The van der Waals surface area contributed by atoms with Gasteiger partial charge in [-0.2, -0.15) is 0 Å². The summed E-state index contributed by atoms with van der Waals surface area (Å²) in [5, 5.41) is 0. The molecule has 6 nitrogen and oxygen atoms in total. The summed E-state index contributed by atoms with van der Waals surface area (Å²) in [5.41, 5.74) is -1.04. The number of hydrogen-bond donors (Lipinski definition) is 0. The molecule has 2 aliphatic heterocycles. The first-order valence-corrected chi connectivity index (χ1v) is 5.78. The minimum atomic E-state index is -1.04. The van der Waals surface area contributed by atoms with E-state index in [1.165, 1.54) is 0 Å². The largest absolute Gasteiger partial charge is 0.462 e. The number of epoxide rings is 2. The molecule has 94 valence electrons. The molecule has 3 fully saturated rings. The van der Waals surface area contributed by atoms with Gasteiger partial charge in [0, 0.05) is 0 Å². The van der Waals surface area contributed by atoms with Gasteiger partial charge in [-0.3, -0.25) is 9.59 Å². The van der Waals surface area contributed by atoms with Gasteiger partial charge >= 0.3 is 11.9 Å². The number of carbonyl (C=O) groups is 2. The van der Waals surface area contributed by atoms with E-state index in [-0.39, 0.29) is 25.4 Å². The van der Waals surface area contributed by atoms with Crippen molar-refractivity contribution in [3.05, 3.63) is 0 Å². The molecule has 1 saturated carbocycles. The predicted octanol–water partition coefficient (Wildman–Crippen LogP) is -0.349. The average Bonchev–Trinajstić information content (AvgIpc) is 3.15. The highest BCUT2D eigenvalue weighted by Crippen LogP contribution is 2.48. The molecule has 2 atom stereocenters. The standard InChI is InChI=1S/C11H14O6/c12-9(16-5-7-3-14-7)11(1-2-11)10(13)17-6-8-4-15-8/h7-8H,1-6H2. The van der Waals surface area contributed by atoms with Crippen LogP contribution in [-0.2, 0) is 28.5 Å². The number of carbonyl (C=O) groups excluding carboxylic acids is 2. The van der Waals surface area contributed by atoms with Gasteiger partial charge in [-0.1, -0.05) is 0 Å². The zero-order chi connectivity index (χ0) is 11.9. The topological polar surface area (TPSA) is 77.7 Å². The van der Waals surface area contributed by atoms with E-state index < -0.39 is 17.4 Å². The third kappa shape index (κ3) is 2.42. The minimum Gasteiger partial charge on any atom is -0.462 e. The van der Waals surface area contributed by atoms with E-state index in [0.717, 1.165) is 0 Å². The van der Waals surface area contributed by atoms with Crippen molar-refractivity contribution >= 4 is 11.9 Å². The monoisotopic (exact) mass is 242 g/mol. The molecule has 2 saturated heterocycles. The molecule has 6 heteroatoms. The van der Waals surface area contributed by atoms with Crippen molar-refractivity contribution in [3.8, 4) is 0 Å². The first-order chi connectivity index (χ1) is 8.21. The maximum atomic E-state index is 11.8. The van der Waals surface area contributed by atoms with Crippen molar-refractivity contribution in [2.45, 2.75) is 25.0 Å². The summed E-state index contributed by atoms with van der Waals surface area (Å²) in [5.74, 6) is -0.954. The lowest BCUT2D eigenvalue weighted by Gasteiger charge is -2.12. The summed E-state index contributed by atoms with van der Waals surface area (Å²) in [4.78, 5) is 23.5. The summed E-state index contributed by atoms with van der Waals surface area (Å²) in [6.07, 6.45) is 1.07. The van der Waals surface area contributed by atoms with E-state index in [1.807, 2.05) is 0 Å². The molecule has 0 N–H and O–H groups in total. The molecule has 3 rings (SSSR count). The molecular weight excluding hydrogens is 228 g/mol. The lowest BCUT2D eigenvalue weighted by atomic mass is 10.1. The van der Waals surface area contributed by atoms with E-state index in [1.54, 1.807) is 0 Å². The van der Waals surface area contributed by atoms with Gasteiger partial charge in [0.25, 0.3) is 0 Å². The SMILES string of the molecule is O=C(OCC1CO1)C1(C(=O)OCC2CO2)CC1. The van der Waals surface area contributed by atoms with Crippen molar-refractivity contribution in [2.75, 3.05) is 26.4 Å². The normalized spacial score (nSPS) is 31.5. The third-order valence-corrected chi connectivity index (χ3v) is 3.14. The second kappa shape index (κ2) is 3.96. The molecule has 0 bridgehead atoms. The Morgan fingerprint density at radius 1 is 1.00 bits per heavy atom. The molecule has 0 aromatic rings. The molecule has 2 unspecified atom stereocenters. The Morgan fingerprint density at radius 2 is 1.41 bits per heavy atom. The second-order valence-electron chi connectivity index (χ2n) is 4.69. The van der Waals surface area contributed by atoms with Gasteiger partial charge in [0.1, 0.15) is 25.4 Å². The summed E-state index contributed by atoms with van der Waals surface area (Å²) < 4.78 is 19.9. The van der Waals surface area contributed by atoms with Crippen LogP contribution in [0.5, 0.6) is 0 Å². The first kappa shape index (κ1) is 11.0. The summed E-state index contributed by atoms with van der Waals surface area (Å²) in [6, 6.07) is 0. The number of rotatable bonds is 6. The maximum Gasteiger partial charge on any atom is 0.323 e. The average molecular weight is 242 g/mol. The zero-order valence-corrected chi connectivity index (χ0v) is 9.35. The van der Waals surface area contributed by atoms with Gasteiger partial charge in [0.15, 0.2) is 5.41 Å². The fraction of sp³-hybridized carbons (Fsp3) is 0.818. The van der Waals surface area contributed by atoms with Crippen molar-refractivity contribution in [1.29, 1.82) is 0 Å². The van der Waals surface area contributed by atoms with Crippen LogP contribution in [0.25, 0.3) is 0 Å². The second-order valence-corrected chi connectivity index (χ2v) is 4.69. The highest BCUT2D eigenvalue weighted by Gasteiger charge is 2.60. The fourth-order valence-electron chi connectivity index (χ4n) is 1.56. The third-order valence-electron chi connectivity index (χ3n) is 3.14. The van der Waals surface area contributed by atoms with E-state index in [0.29, 0.717) is 26.1 Å². The molecular formula is C11H14O6. The van der Waals surface area contributed by atoms with Crippen LogP contribution in [0.15, 0.2) is 0 Å². The van der Waals surface area contributed by atoms with Gasteiger partial charge in [-0.05, 0) is 12.8 Å². The number of hydrogen-bond acceptors (Lipinski definition) is 6. The maximum absolute atomic E-state index is 11.8. The van der Waals surface area contributed by atoms with Crippen LogP contribution in [0.2, 0.25) is 0 Å². The highest BCUT2D eigenvalue weighted by atomic mass is 16.6. The number of esters is 2. The highest BCUT2D eigenvalue weighted by molar-refractivity contribution is 6.03. The van der Waals surface area contributed by atoms with Gasteiger partial charge in [0.05, 0.1) is 13.2 Å². The van der Waals surface area contributed by atoms with Crippen molar-refractivity contribution in [1.82, 2.24) is 0 Å². The molecule has 17 heavy (non-hydrogen) atoms. The van der Waals surface area contributed by atoms with E-state index in [4.69, 9.17) is 18.9 Å². The Bertz CT molecular complexity index is 310. The summed E-state index contributed by atoms with van der Waals surface area (Å²) in [7, 11) is 0. The predicted molar refractivity (Wildman–Crippen MR) is 53.1 cm³/mol. The van der Waals surface area contributed by atoms with Crippen LogP contribution < -0.4 is 0 Å². The number of ether oxygens (including phenoxy) is 4. The Morgan fingerprint density at radius 3 is 1.71 bits per heavy atom. The van der Waals surface area contributed by atoms with Crippen LogP contribution in [-0.4, -0.2) is 50.6 Å². The van der Waals surface area contributed by atoms with E-state index in [9.17, 15) is 9.59 Å². The smallest absolute Gasteiger partial charge is 0.323 e. The summed E-state index contributed by atoms with van der Waals surface area (Å²) >= 11 is 0. The molecule has 0 radical (unpaired) electrons. The molecule has 1 aliphatic carbocycles. The van der Waals surface area contributed by atoms with Crippen LogP contribution in [0.3, 0.4) is 0 Å². The summed E-state index contributed by atoms with van der Waals surface area (Å²) in [6.45, 7) is 1.73. The Kier molecular flexibility index (Phi) is 2.56. The van der Waals surface area contributed by atoms with Gasteiger partial charge in [-0.25, -0.2) is 0 Å². The van der Waals surface area contributed by atoms with Crippen molar-refractivity contribution in [2.24, 2.45) is 5.41 Å². The first-order valence-electron chi connectivity index (χ1n) is 5.78. The zero-order valence-electron chi connectivity index (χ0n) is 9.35. The van der Waals surface area contributed by atoms with Gasteiger partial charge < -0.3 is 18.9 Å². The van der Waals surface area contributed by atoms with E-state index >= 15 is 0 Å². The van der Waals surface area contributed by atoms with Crippen LogP contribution in [0, 0.1) is 5.41 Å². The van der Waals surface area contributed by atoms with Crippen LogP contribution >= 0.6 is 0 Å². The van der Waals surface area contributed by atoms with Gasteiger partial charge in [-0.15, -0.1) is 0 Å². The van der Waals surface area contributed by atoms with Crippen molar-refractivity contribution < 1.29 is 28.5 Å². The lowest BCUT2D eigenvalue weighted by molar-refractivity contribution is -0.165. The fourth-order valence-corrected chi connectivity index (χ4v) is 1.56. The Labute approximate surface area is 98.1 Å².